The number of cyclic esters (lactones) is 1. The number of amides is 5. The van der Waals surface area contributed by atoms with Crippen LogP contribution in [0.15, 0.2) is 28.9 Å². The number of halogens is 1. The molecule has 1 aromatic carbocycles. The van der Waals surface area contributed by atoms with Crippen LogP contribution in [-0.4, -0.2) is 76.9 Å². The van der Waals surface area contributed by atoms with Gasteiger partial charge in [-0.3, -0.25) is 19.2 Å². The van der Waals surface area contributed by atoms with E-state index in [9.17, 15) is 24.0 Å². The Balaban J connectivity index is 1.42. The Hall–Kier alpha value is -4.47. The molecule has 236 valence electrons. The number of rotatable bonds is 12. The Morgan fingerprint density at radius 3 is 2.41 bits per heavy atom. The third-order valence-electron chi connectivity index (χ3n) is 7.14. The number of primary amides is 1. The minimum absolute atomic E-state index is 0.177. The second-order valence-corrected chi connectivity index (χ2v) is 11.8. The van der Waals surface area contributed by atoms with Crippen molar-refractivity contribution < 1.29 is 28.7 Å². The maximum Gasteiger partial charge on any atom is 0.321 e. The quantitative estimate of drug-likeness (QED) is 0.110. The van der Waals surface area contributed by atoms with E-state index in [0.29, 0.717) is 66.4 Å². The molecular weight excluding hydrogens is 638 g/mol. The van der Waals surface area contributed by atoms with Crippen molar-refractivity contribution in [3.8, 4) is 0 Å². The molecule has 2 aliphatic rings. The van der Waals surface area contributed by atoms with E-state index in [1.54, 1.807) is 29.3 Å². The predicted octanol–water partition coefficient (Wildman–Crippen LogP) is 2.68. The number of esters is 1. The number of hydrogen-bond donors (Lipinski definition) is 6. The lowest BCUT2D eigenvalue weighted by Crippen LogP contribution is -2.46. The molecule has 15 nitrogen and oxygen atoms in total. The fourth-order valence-electron chi connectivity index (χ4n) is 4.41. The Labute approximate surface area is 262 Å². The van der Waals surface area contributed by atoms with Gasteiger partial charge in [0.05, 0.1) is 4.47 Å². The van der Waals surface area contributed by atoms with Crippen LogP contribution < -0.4 is 32.3 Å². The first kappa shape index (κ1) is 32.4. The second-order valence-electron chi connectivity index (χ2n) is 11.0. The Kier molecular flexibility index (Phi) is 10.6. The average Bonchev–Trinajstić information content (AvgIpc) is 3.66. The maximum atomic E-state index is 12.8. The Morgan fingerprint density at radius 1 is 1.07 bits per heavy atom. The molecule has 5 amide bonds. The lowest BCUT2D eigenvalue weighted by Gasteiger charge is -2.19. The van der Waals surface area contributed by atoms with Crippen LogP contribution in [-0.2, 0) is 23.9 Å². The summed E-state index contributed by atoms with van der Waals surface area (Å²) in [7, 11) is 0. The molecule has 0 bridgehead atoms. The summed E-state index contributed by atoms with van der Waals surface area (Å²) in [6, 6.07) is 4.71. The van der Waals surface area contributed by atoms with Gasteiger partial charge in [0.1, 0.15) is 11.2 Å². The highest BCUT2D eigenvalue weighted by Crippen LogP contribution is 2.28. The van der Waals surface area contributed by atoms with Crippen LogP contribution in [0.3, 0.4) is 0 Å². The van der Waals surface area contributed by atoms with Crippen LogP contribution in [0.1, 0.15) is 46.0 Å². The van der Waals surface area contributed by atoms with Crippen molar-refractivity contribution in [3.63, 3.8) is 0 Å². The van der Waals surface area contributed by atoms with Crippen molar-refractivity contribution in [1.29, 1.82) is 0 Å². The van der Waals surface area contributed by atoms with Crippen LogP contribution in [0.25, 0.3) is 0 Å². The van der Waals surface area contributed by atoms with Crippen molar-refractivity contribution in [2.45, 2.75) is 52.1 Å². The van der Waals surface area contributed by atoms with E-state index in [2.05, 4.69) is 52.5 Å². The van der Waals surface area contributed by atoms with Gasteiger partial charge in [0.25, 0.3) is 5.91 Å². The number of likely N-dealkylation sites (tertiary alicyclic amines) is 1. The number of nitrogens with one attached hydrogen (secondary N) is 5. The molecule has 0 aliphatic carbocycles. The lowest BCUT2D eigenvalue weighted by atomic mass is 9.91. The summed E-state index contributed by atoms with van der Waals surface area (Å²) in [5.74, 6) is -1.32. The average molecular weight is 675 g/mol. The van der Waals surface area contributed by atoms with Crippen LogP contribution in [0, 0.1) is 5.41 Å². The zero-order chi connectivity index (χ0) is 31.9. The fourth-order valence-corrected chi connectivity index (χ4v) is 4.74. The van der Waals surface area contributed by atoms with E-state index < -0.39 is 35.2 Å². The normalized spacial score (nSPS) is 16.2. The maximum absolute atomic E-state index is 12.8. The monoisotopic (exact) mass is 673 g/mol. The molecule has 1 aromatic heterocycles. The van der Waals surface area contributed by atoms with Gasteiger partial charge in [-0.25, -0.2) is 9.78 Å². The number of nitrogens with zero attached hydrogens (tertiary/aromatic N) is 3. The third kappa shape index (κ3) is 8.55. The summed E-state index contributed by atoms with van der Waals surface area (Å²) in [4.78, 5) is 71.2. The fraction of sp³-hybridized carbons (Fsp3) is 0.464. The number of urea groups is 1. The van der Waals surface area contributed by atoms with Crippen molar-refractivity contribution >= 4 is 74.5 Å². The van der Waals surface area contributed by atoms with Crippen LogP contribution in [0.5, 0.6) is 0 Å². The standard InChI is InChI=1S/C28H36BrN9O6/c1-28(2,24(30)41)25(42)32-9-5-8-31-22-19(29)15-33-26(37-22)35-17-12-16(34-23(40)20-6-7-21(39)44-20)13-18(14-17)36-27(43)38-10-3-4-11-38/h12-15,20H,3-11H2,1-2H3,(H2,30,41)(H,32,42)(H,34,40)(H,36,43)(H2,31,33,35,37)/t20-/m1/s1. The highest BCUT2D eigenvalue weighted by molar-refractivity contribution is 9.10. The molecular formula is C28H36BrN9O6. The largest absolute Gasteiger partial charge is 0.452 e. The van der Waals surface area contributed by atoms with Gasteiger partial charge in [0, 0.05) is 62.3 Å². The first-order valence-corrected chi connectivity index (χ1v) is 15.0. The first-order chi connectivity index (χ1) is 20.9. The van der Waals surface area contributed by atoms with Gasteiger partial charge in [-0.15, -0.1) is 0 Å². The zero-order valence-electron chi connectivity index (χ0n) is 24.5. The number of benzene rings is 1. The number of hydrogen-bond acceptors (Lipinski definition) is 10. The molecule has 2 aromatic rings. The molecule has 44 heavy (non-hydrogen) atoms. The molecule has 4 rings (SSSR count). The van der Waals surface area contributed by atoms with Gasteiger partial charge >= 0.3 is 12.0 Å². The Morgan fingerprint density at radius 2 is 1.75 bits per heavy atom. The number of carbonyl (C=O) groups is 5. The second kappa shape index (κ2) is 14.3. The molecule has 2 aliphatic heterocycles. The number of anilines is 5. The molecule has 2 fully saturated rings. The molecule has 3 heterocycles. The smallest absolute Gasteiger partial charge is 0.321 e. The van der Waals surface area contributed by atoms with Crippen molar-refractivity contribution in [3.05, 3.63) is 28.9 Å². The number of carbonyl (C=O) groups excluding carboxylic acids is 5. The van der Waals surface area contributed by atoms with Crippen molar-refractivity contribution in [1.82, 2.24) is 20.2 Å². The molecule has 0 unspecified atom stereocenters. The van der Waals surface area contributed by atoms with Crippen molar-refractivity contribution in [2.24, 2.45) is 11.1 Å². The number of nitrogens with two attached hydrogens (primary N) is 1. The summed E-state index contributed by atoms with van der Waals surface area (Å²) < 4.78 is 5.68. The predicted molar refractivity (Wildman–Crippen MR) is 166 cm³/mol. The number of aromatic nitrogens is 2. The van der Waals surface area contributed by atoms with Gasteiger partial charge in [-0.05, 0) is 67.2 Å². The summed E-state index contributed by atoms with van der Waals surface area (Å²) in [5, 5.41) is 14.6. The van der Waals surface area contributed by atoms with Crippen molar-refractivity contribution in [2.75, 3.05) is 47.4 Å². The highest BCUT2D eigenvalue weighted by atomic mass is 79.9. The lowest BCUT2D eigenvalue weighted by molar-refractivity contribution is -0.146. The topological polar surface area (TPSA) is 210 Å². The van der Waals surface area contributed by atoms with Gasteiger partial charge in [-0.1, -0.05) is 0 Å². The van der Waals surface area contributed by atoms with E-state index in [-0.39, 0.29) is 18.4 Å². The van der Waals surface area contributed by atoms with E-state index in [1.165, 1.54) is 13.8 Å². The third-order valence-corrected chi connectivity index (χ3v) is 7.72. The molecule has 0 radical (unpaired) electrons. The van der Waals surface area contributed by atoms with Gasteiger partial charge < -0.3 is 42.0 Å². The van der Waals surface area contributed by atoms with Gasteiger partial charge in [0.2, 0.25) is 17.8 Å². The molecule has 7 N–H and O–H groups in total. The summed E-state index contributed by atoms with van der Waals surface area (Å²) in [6.45, 7) is 5.04. The molecule has 16 heteroatoms. The van der Waals surface area contributed by atoms with E-state index in [0.717, 1.165) is 12.8 Å². The van der Waals surface area contributed by atoms with E-state index >= 15 is 0 Å². The first-order valence-electron chi connectivity index (χ1n) is 14.3. The molecule has 2 saturated heterocycles. The van der Waals surface area contributed by atoms with Gasteiger partial charge in [0.15, 0.2) is 6.10 Å². The summed E-state index contributed by atoms with van der Waals surface area (Å²) in [6.07, 6.45) is 3.57. The Bertz CT molecular complexity index is 1430. The molecule has 0 spiro atoms. The molecule has 0 saturated carbocycles. The molecule has 1 atom stereocenters. The van der Waals surface area contributed by atoms with Gasteiger partial charge in [-0.2, -0.15) is 4.98 Å². The number of ether oxygens (including phenoxy) is 1. The van der Waals surface area contributed by atoms with E-state index in [1.807, 2.05) is 0 Å². The summed E-state index contributed by atoms with van der Waals surface area (Å²) >= 11 is 3.42. The highest BCUT2D eigenvalue weighted by Gasteiger charge is 2.33. The minimum atomic E-state index is -1.30. The summed E-state index contributed by atoms with van der Waals surface area (Å²) in [5.41, 5.74) is 5.27. The zero-order valence-corrected chi connectivity index (χ0v) is 26.1. The van der Waals surface area contributed by atoms with Crippen LogP contribution in [0.4, 0.5) is 33.6 Å². The SMILES string of the molecule is CC(C)(C(N)=O)C(=O)NCCCNc1nc(Nc2cc(NC(=O)[C@H]3CCC(=O)O3)cc(NC(=O)N3CCCC3)c2)ncc1Br. The van der Waals surface area contributed by atoms with E-state index in [4.69, 9.17) is 10.5 Å². The van der Waals surface area contributed by atoms with Crippen LogP contribution in [0.2, 0.25) is 0 Å². The van der Waals surface area contributed by atoms with Crippen LogP contribution >= 0.6 is 15.9 Å². The minimum Gasteiger partial charge on any atom is -0.452 e.